The minimum absolute atomic E-state index is 0.112. The predicted molar refractivity (Wildman–Crippen MR) is 232 cm³/mol. The van der Waals surface area contributed by atoms with E-state index in [2.05, 4.69) is 166 Å². The van der Waals surface area contributed by atoms with Crippen LogP contribution >= 0.6 is 0 Å². The second kappa shape index (κ2) is 12.5. The fourth-order valence-corrected chi connectivity index (χ4v) is 8.84. The minimum Gasteiger partial charge on any atom is -0.455 e. The van der Waals surface area contributed by atoms with Gasteiger partial charge in [-0.1, -0.05) is 159 Å². The molecule has 0 unspecified atom stereocenters. The topological polar surface area (TPSA) is 38.9 Å². The van der Waals surface area contributed by atoms with E-state index in [1.807, 2.05) is 30.3 Å². The van der Waals surface area contributed by atoms with Gasteiger partial charge in [0.2, 0.25) is 0 Å². The monoisotopic (exact) mass is 716 g/mol. The third-order valence-electron chi connectivity index (χ3n) is 11.7. The first-order chi connectivity index (χ1) is 27.5. The number of hydrogen-bond acceptors (Lipinski definition) is 3. The SMILES string of the molecule is CC1(C)c2cc3ccccc3cc2-c2c(-c3cccc(-c4cc(-c5cccc(-c6cccc7c6oc6ccccc67)c5)nc(-c5ccccc5)n4)c3)cccc21. The quantitative estimate of drug-likeness (QED) is 0.178. The average molecular weight is 717 g/mol. The number of fused-ring (bicyclic) bond motifs is 7. The third kappa shape index (κ3) is 5.12. The van der Waals surface area contributed by atoms with E-state index in [-0.39, 0.29) is 5.41 Å². The largest absolute Gasteiger partial charge is 0.455 e. The molecule has 0 saturated carbocycles. The maximum atomic E-state index is 6.44. The summed E-state index contributed by atoms with van der Waals surface area (Å²) in [5.74, 6) is 0.691. The molecular formula is C53H36N2O. The summed E-state index contributed by atoms with van der Waals surface area (Å²) in [4.78, 5) is 10.4. The van der Waals surface area contributed by atoms with Crippen LogP contribution < -0.4 is 0 Å². The second-order valence-electron chi connectivity index (χ2n) is 15.4. The summed E-state index contributed by atoms with van der Waals surface area (Å²) in [5.41, 5.74) is 16.3. The molecule has 0 fully saturated rings. The van der Waals surface area contributed by atoms with Gasteiger partial charge in [0.1, 0.15) is 11.2 Å². The lowest BCUT2D eigenvalue weighted by Gasteiger charge is -2.22. The Morgan fingerprint density at radius 1 is 0.411 bits per heavy atom. The highest BCUT2D eigenvalue weighted by Crippen LogP contribution is 2.53. The summed E-state index contributed by atoms with van der Waals surface area (Å²) in [6, 6.07) is 64.7. The first-order valence-electron chi connectivity index (χ1n) is 19.2. The van der Waals surface area contributed by atoms with Crippen molar-refractivity contribution in [2.24, 2.45) is 0 Å². The number of nitrogens with zero attached hydrogens (tertiary/aromatic N) is 2. The van der Waals surface area contributed by atoms with Crippen LogP contribution in [-0.4, -0.2) is 9.97 Å². The van der Waals surface area contributed by atoms with Gasteiger partial charge in [-0.2, -0.15) is 0 Å². The van der Waals surface area contributed by atoms with Crippen LogP contribution in [0.25, 0.3) is 100.0 Å². The Morgan fingerprint density at radius 2 is 0.982 bits per heavy atom. The Hall–Kier alpha value is -7.10. The molecule has 0 saturated heterocycles. The minimum atomic E-state index is -0.112. The van der Waals surface area contributed by atoms with Gasteiger partial charge in [-0.15, -0.1) is 0 Å². The van der Waals surface area contributed by atoms with Crippen molar-refractivity contribution in [3.63, 3.8) is 0 Å². The molecule has 3 heteroatoms. The van der Waals surface area contributed by atoms with Crippen molar-refractivity contribution in [3.05, 3.63) is 193 Å². The van der Waals surface area contributed by atoms with Crippen molar-refractivity contribution in [1.82, 2.24) is 9.97 Å². The van der Waals surface area contributed by atoms with Crippen LogP contribution in [0.1, 0.15) is 25.0 Å². The van der Waals surface area contributed by atoms with Crippen molar-refractivity contribution in [3.8, 4) is 67.3 Å². The van der Waals surface area contributed by atoms with E-state index in [0.717, 1.165) is 61.1 Å². The van der Waals surface area contributed by atoms with Gasteiger partial charge in [0.05, 0.1) is 11.4 Å². The zero-order chi connectivity index (χ0) is 37.4. The molecule has 8 aromatic carbocycles. The lowest BCUT2D eigenvalue weighted by atomic mass is 9.81. The fraction of sp³-hybridized carbons (Fsp3) is 0.0566. The summed E-state index contributed by atoms with van der Waals surface area (Å²) in [6.07, 6.45) is 0. The predicted octanol–water partition coefficient (Wildman–Crippen LogP) is 14.2. The number of hydrogen-bond donors (Lipinski definition) is 0. The molecule has 10 aromatic rings. The van der Waals surface area contributed by atoms with Gasteiger partial charge in [0.15, 0.2) is 5.82 Å². The van der Waals surface area contributed by atoms with Crippen molar-refractivity contribution in [2.75, 3.05) is 0 Å². The third-order valence-corrected chi connectivity index (χ3v) is 11.7. The molecule has 0 spiro atoms. The van der Waals surface area contributed by atoms with E-state index in [1.165, 1.54) is 44.2 Å². The molecule has 0 amide bonds. The highest BCUT2D eigenvalue weighted by atomic mass is 16.3. The van der Waals surface area contributed by atoms with Crippen LogP contribution in [0.4, 0.5) is 0 Å². The lowest BCUT2D eigenvalue weighted by molar-refractivity contribution is 0.661. The highest BCUT2D eigenvalue weighted by molar-refractivity contribution is 6.09. The van der Waals surface area contributed by atoms with Crippen molar-refractivity contribution in [2.45, 2.75) is 19.3 Å². The summed E-state index contributed by atoms with van der Waals surface area (Å²) in [6.45, 7) is 4.71. The van der Waals surface area contributed by atoms with Gasteiger partial charge in [-0.3, -0.25) is 0 Å². The summed E-state index contributed by atoms with van der Waals surface area (Å²) in [5, 5.41) is 4.78. The Balaban J connectivity index is 1.05. The molecule has 11 rings (SSSR count). The fourth-order valence-electron chi connectivity index (χ4n) is 8.84. The Labute approximate surface area is 325 Å². The van der Waals surface area contributed by atoms with Crippen molar-refractivity contribution < 1.29 is 4.42 Å². The number of benzene rings is 8. The lowest BCUT2D eigenvalue weighted by Crippen LogP contribution is -2.14. The van der Waals surface area contributed by atoms with Crippen LogP contribution in [0, 0.1) is 0 Å². The molecule has 0 aliphatic heterocycles. The molecule has 0 N–H and O–H groups in total. The van der Waals surface area contributed by atoms with Gasteiger partial charge in [-0.05, 0) is 86.1 Å². The van der Waals surface area contributed by atoms with Crippen LogP contribution in [0.15, 0.2) is 186 Å². The zero-order valence-electron chi connectivity index (χ0n) is 31.1. The normalized spacial score (nSPS) is 13.0. The van der Waals surface area contributed by atoms with E-state index >= 15 is 0 Å². The molecule has 1 aliphatic carbocycles. The number of furan rings is 1. The van der Waals surface area contributed by atoms with Crippen molar-refractivity contribution >= 4 is 32.7 Å². The molecule has 2 heterocycles. The smallest absolute Gasteiger partial charge is 0.160 e. The summed E-state index contributed by atoms with van der Waals surface area (Å²) >= 11 is 0. The molecular weight excluding hydrogens is 681 g/mol. The summed E-state index contributed by atoms with van der Waals surface area (Å²) in [7, 11) is 0. The second-order valence-corrected chi connectivity index (χ2v) is 15.4. The van der Waals surface area contributed by atoms with Gasteiger partial charge >= 0.3 is 0 Å². The van der Waals surface area contributed by atoms with Crippen LogP contribution in [-0.2, 0) is 5.41 Å². The van der Waals surface area contributed by atoms with E-state index in [9.17, 15) is 0 Å². The van der Waals surface area contributed by atoms with Gasteiger partial charge in [0.25, 0.3) is 0 Å². The number of para-hydroxylation sites is 2. The molecule has 1 aliphatic rings. The van der Waals surface area contributed by atoms with E-state index < -0.39 is 0 Å². The average Bonchev–Trinajstić information content (AvgIpc) is 3.75. The molecule has 0 atom stereocenters. The Morgan fingerprint density at radius 3 is 1.75 bits per heavy atom. The van der Waals surface area contributed by atoms with Crippen molar-refractivity contribution in [1.29, 1.82) is 0 Å². The maximum absolute atomic E-state index is 6.44. The highest BCUT2D eigenvalue weighted by Gasteiger charge is 2.37. The Bertz CT molecular complexity index is 3170. The molecule has 3 nitrogen and oxygen atoms in total. The molecule has 0 radical (unpaired) electrons. The Kier molecular flexibility index (Phi) is 7.20. The summed E-state index contributed by atoms with van der Waals surface area (Å²) < 4.78 is 6.44. The van der Waals surface area contributed by atoms with Crippen LogP contribution in [0.3, 0.4) is 0 Å². The van der Waals surface area contributed by atoms with Gasteiger partial charge in [-0.25, -0.2) is 9.97 Å². The van der Waals surface area contributed by atoms with Gasteiger partial charge in [0, 0.05) is 38.4 Å². The zero-order valence-corrected chi connectivity index (χ0v) is 31.1. The van der Waals surface area contributed by atoms with E-state index in [1.54, 1.807) is 0 Å². The molecule has 56 heavy (non-hydrogen) atoms. The first-order valence-corrected chi connectivity index (χ1v) is 19.2. The number of rotatable bonds is 5. The van der Waals surface area contributed by atoms with Gasteiger partial charge < -0.3 is 4.42 Å². The van der Waals surface area contributed by atoms with E-state index in [0.29, 0.717) is 5.82 Å². The van der Waals surface area contributed by atoms with Crippen LogP contribution in [0.5, 0.6) is 0 Å². The molecule has 0 bridgehead atoms. The molecule has 264 valence electrons. The van der Waals surface area contributed by atoms with Crippen LogP contribution in [0.2, 0.25) is 0 Å². The standard InChI is InChI=1S/C53H36N2O/c1-53(2)45-26-13-23-40(50(45)44-30-34-16-6-7-17-35(34)31-46(44)53)36-18-10-20-38(28-36)47-32-48(55-52(54-47)33-14-4-3-5-15-33)39-21-11-19-37(29-39)41-24-12-25-43-42-22-8-9-27-49(42)56-51(41)43/h3-32H,1-2H3. The molecule has 2 aromatic heterocycles. The number of aromatic nitrogens is 2. The first kappa shape index (κ1) is 32.3. The maximum Gasteiger partial charge on any atom is 0.160 e. The van der Waals surface area contributed by atoms with E-state index in [4.69, 9.17) is 14.4 Å².